The number of carboxylic acids is 1. The zero-order valence-corrected chi connectivity index (χ0v) is 15.9. The molecule has 3 N–H and O–H groups in total. The average molecular weight is 385 g/mol. The van der Waals surface area contributed by atoms with E-state index in [4.69, 9.17) is 5.11 Å². The maximum absolute atomic E-state index is 12.6. The molecule has 2 saturated heterocycles. The van der Waals surface area contributed by atoms with Gasteiger partial charge in [0.1, 0.15) is 0 Å². The Morgan fingerprint density at radius 3 is 2.71 bits per heavy atom. The lowest BCUT2D eigenvalue weighted by atomic mass is 9.96. The number of aromatic carboxylic acids is 1. The number of carboxylic acid groups (broad SMARTS) is 1. The highest BCUT2D eigenvalue weighted by atomic mass is 16.4. The molecule has 2 heterocycles. The van der Waals surface area contributed by atoms with Crippen molar-refractivity contribution in [1.82, 2.24) is 10.2 Å². The summed E-state index contributed by atoms with van der Waals surface area (Å²) >= 11 is 0. The van der Waals surface area contributed by atoms with Gasteiger partial charge in [0, 0.05) is 18.8 Å². The van der Waals surface area contributed by atoms with Gasteiger partial charge in [-0.05, 0) is 69.0 Å². The molecule has 0 bridgehead atoms. The van der Waals surface area contributed by atoms with Crippen molar-refractivity contribution in [3.05, 3.63) is 42.0 Å². The molecule has 1 atom stereocenters. The minimum Gasteiger partial charge on any atom is -0.478 e. The van der Waals surface area contributed by atoms with Crippen LogP contribution in [0.3, 0.4) is 0 Å². The van der Waals surface area contributed by atoms with E-state index in [1.165, 1.54) is 12.1 Å². The predicted molar refractivity (Wildman–Crippen MR) is 106 cm³/mol. The Balaban J connectivity index is 1.55. The Morgan fingerprint density at radius 1 is 1.18 bits per heavy atom. The van der Waals surface area contributed by atoms with Crippen LogP contribution in [0.2, 0.25) is 0 Å². The molecule has 7 nitrogen and oxygen atoms in total. The van der Waals surface area contributed by atoms with Crippen molar-refractivity contribution in [2.45, 2.75) is 25.7 Å². The van der Waals surface area contributed by atoms with Gasteiger partial charge in [0.05, 0.1) is 11.5 Å². The van der Waals surface area contributed by atoms with Crippen LogP contribution in [-0.2, 0) is 9.59 Å². The summed E-state index contributed by atoms with van der Waals surface area (Å²) in [5.74, 6) is -1.11. The number of carbonyl (C=O) groups is 3. The van der Waals surface area contributed by atoms with Gasteiger partial charge in [-0.15, -0.1) is 0 Å². The monoisotopic (exact) mass is 385 g/mol. The summed E-state index contributed by atoms with van der Waals surface area (Å²) in [5, 5.41) is 15.2. The Kier molecular flexibility index (Phi) is 6.81. The molecule has 0 spiro atoms. The van der Waals surface area contributed by atoms with Gasteiger partial charge < -0.3 is 20.6 Å². The molecule has 2 fully saturated rings. The van der Waals surface area contributed by atoms with Gasteiger partial charge in [0.2, 0.25) is 11.8 Å². The summed E-state index contributed by atoms with van der Waals surface area (Å²) in [7, 11) is 0. The molecule has 0 radical (unpaired) electrons. The van der Waals surface area contributed by atoms with Crippen LogP contribution < -0.4 is 10.6 Å². The highest BCUT2D eigenvalue weighted by molar-refractivity contribution is 5.95. The number of amides is 2. The highest BCUT2D eigenvalue weighted by Gasteiger charge is 2.28. The topological polar surface area (TPSA) is 98.7 Å². The van der Waals surface area contributed by atoms with Crippen LogP contribution >= 0.6 is 0 Å². The first-order valence-corrected chi connectivity index (χ1v) is 9.85. The molecule has 1 aromatic carbocycles. The summed E-state index contributed by atoms with van der Waals surface area (Å²) < 4.78 is 0. The van der Waals surface area contributed by atoms with Crippen molar-refractivity contribution in [2.75, 3.05) is 31.5 Å². The summed E-state index contributed by atoms with van der Waals surface area (Å²) in [6.07, 6.45) is 7.25. The normalized spacial score (nSPS) is 20.9. The zero-order valence-electron chi connectivity index (χ0n) is 15.9. The van der Waals surface area contributed by atoms with Crippen LogP contribution in [0, 0.1) is 11.8 Å². The fourth-order valence-electron chi connectivity index (χ4n) is 3.73. The van der Waals surface area contributed by atoms with Crippen molar-refractivity contribution in [3.8, 4) is 0 Å². The molecule has 3 rings (SSSR count). The molecule has 2 aliphatic rings. The van der Waals surface area contributed by atoms with E-state index in [1.54, 1.807) is 23.1 Å². The van der Waals surface area contributed by atoms with Crippen LogP contribution in [0.15, 0.2) is 36.4 Å². The second-order valence-electron chi connectivity index (χ2n) is 7.45. The van der Waals surface area contributed by atoms with E-state index in [-0.39, 0.29) is 23.3 Å². The van der Waals surface area contributed by atoms with Crippen molar-refractivity contribution in [1.29, 1.82) is 0 Å². The van der Waals surface area contributed by atoms with E-state index in [0.717, 1.165) is 32.4 Å². The maximum Gasteiger partial charge on any atom is 0.335 e. The van der Waals surface area contributed by atoms with Crippen molar-refractivity contribution in [2.24, 2.45) is 11.8 Å². The third-order valence-electron chi connectivity index (χ3n) is 5.38. The van der Waals surface area contributed by atoms with Gasteiger partial charge in [-0.3, -0.25) is 9.59 Å². The Labute approximate surface area is 164 Å². The number of allylic oxidation sites excluding steroid dienone is 1. The van der Waals surface area contributed by atoms with E-state index in [2.05, 4.69) is 10.6 Å². The Morgan fingerprint density at radius 2 is 1.96 bits per heavy atom. The van der Waals surface area contributed by atoms with Gasteiger partial charge in [0.15, 0.2) is 0 Å². The summed E-state index contributed by atoms with van der Waals surface area (Å²) in [6.45, 7) is 3.02. The first-order valence-electron chi connectivity index (χ1n) is 9.85. The van der Waals surface area contributed by atoms with Crippen LogP contribution in [0.1, 0.15) is 36.0 Å². The van der Waals surface area contributed by atoms with Crippen molar-refractivity contribution >= 4 is 23.5 Å². The van der Waals surface area contributed by atoms with Gasteiger partial charge in [-0.2, -0.15) is 0 Å². The molecule has 7 heteroatoms. The molecule has 0 saturated carbocycles. The van der Waals surface area contributed by atoms with Crippen LogP contribution in [0.25, 0.3) is 0 Å². The average Bonchev–Trinajstić information content (AvgIpc) is 2.73. The minimum atomic E-state index is -1.04. The largest absolute Gasteiger partial charge is 0.478 e. The molecule has 1 aromatic rings. The summed E-state index contributed by atoms with van der Waals surface area (Å²) in [4.78, 5) is 37.9. The van der Waals surface area contributed by atoms with Crippen LogP contribution in [0.5, 0.6) is 0 Å². The first-order chi connectivity index (χ1) is 13.5. The SMILES string of the molecule is O=C(O)c1cccc(NC(=O)[C@@H]2CCCN(C(=O)/C=C/C3CCNCC3)C2)c1. The van der Waals surface area contributed by atoms with E-state index in [0.29, 0.717) is 31.1 Å². The van der Waals surface area contributed by atoms with E-state index < -0.39 is 5.97 Å². The quantitative estimate of drug-likeness (QED) is 0.675. The van der Waals surface area contributed by atoms with E-state index in [9.17, 15) is 14.4 Å². The van der Waals surface area contributed by atoms with Gasteiger partial charge in [-0.1, -0.05) is 12.1 Å². The standard InChI is InChI=1S/C21H27N3O4/c25-19(7-6-15-8-10-22-11-9-15)24-12-2-4-17(14-24)20(26)23-18-5-1-3-16(13-18)21(27)28/h1,3,5-7,13,15,17,22H,2,4,8-12,14H2,(H,23,26)(H,27,28)/b7-6+/t17-/m1/s1. The highest BCUT2D eigenvalue weighted by Crippen LogP contribution is 2.20. The third-order valence-corrected chi connectivity index (χ3v) is 5.38. The molecule has 2 aliphatic heterocycles. The fraction of sp³-hybridized carbons (Fsp3) is 0.476. The number of anilines is 1. The number of nitrogens with one attached hydrogen (secondary N) is 2. The molecule has 0 aromatic heterocycles. The fourth-order valence-corrected chi connectivity index (χ4v) is 3.73. The van der Waals surface area contributed by atoms with Crippen LogP contribution in [-0.4, -0.2) is 54.0 Å². The second kappa shape index (κ2) is 9.50. The second-order valence-corrected chi connectivity index (χ2v) is 7.45. The molecule has 150 valence electrons. The van der Waals surface area contributed by atoms with E-state index >= 15 is 0 Å². The number of likely N-dealkylation sites (tertiary alicyclic amines) is 1. The van der Waals surface area contributed by atoms with Gasteiger partial charge in [0.25, 0.3) is 0 Å². The molecular formula is C21H27N3O4. The predicted octanol–water partition coefficient (Wildman–Crippen LogP) is 2.12. The third kappa shape index (κ3) is 5.42. The van der Waals surface area contributed by atoms with Crippen molar-refractivity contribution in [3.63, 3.8) is 0 Å². The molecule has 28 heavy (non-hydrogen) atoms. The number of hydrogen-bond acceptors (Lipinski definition) is 4. The number of benzene rings is 1. The molecule has 2 amide bonds. The van der Waals surface area contributed by atoms with Crippen molar-refractivity contribution < 1.29 is 19.5 Å². The lowest BCUT2D eigenvalue weighted by molar-refractivity contribution is -0.130. The van der Waals surface area contributed by atoms with E-state index in [1.807, 2.05) is 6.08 Å². The Hall–Kier alpha value is -2.67. The first kappa shape index (κ1) is 20.1. The van der Waals surface area contributed by atoms with Crippen LogP contribution in [0.4, 0.5) is 5.69 Å². The number of rotatable bonds is 5. The number of piperidine rings is 2. The zero-order chi connectivity index (χ0) is 19.9. The van der Waals surface area contributed by atoms with Gasteiger partial charge >= 0.3 is 5.97 Å². The summed E-state index contributed by atoms with van der Waals surface area (Å²) in [5.41, 5.74) is 0.584. The number of carbonyl (C=O) groups excluding carboxylic acids is 2. The molecular weight excluding hydrogens is 358 g/mol. The smallest absolute Gasteiger partial charge is 0.335 e. The lowest BCUT2D eigenvalue weighted by Gasteiger charge is -2.31. The number of nitrogens with zero attached hydrogens (tertiary/aromatic N) is 1. The molecule has 0 aliphatic carbocycles. The Bertz CT molecular complexity index is 756. The maximum atomic E-state index is 12.6. The van der Waals surface area contributed by atoms with Gasteiger partial charge in [-0.25, -0.2) is 4.79 Å². The minimum absolute atomic E-state index is 0.0380. The lowest BCUT2D eigenvalue weighted by Crippen LogP contribution is -2.43. The molecule has 0 unspecified atom stereocenters. The number of hydrogen-bond donors (Lipinski definition) is 3. The summed E-state index contributed by atoms with van der Waals surface area (Å²) in [6, 6.07) is 6.18.